The van der Waals surface area contributed by atoms with Gasteiger partial charge in [0.25, 0.3) is 10.1 Å². The summed E-state index contributed by atoms with van der Waals surface area (Å²) < 4.78 is 34.4. The Labute approximate surface area is 120 Å². The van der Waals surface area contributed by atoms with Crippen molar-refractivity contribution in [3.8, 4) is 0 Å². The molecule has 0 N–H and O–H groups in total. The van der Waals surface area contributed by atoms with E-state index in [1.165, 1.54) is 0 Å². The number of esters is 1. The Hall–Kier alpha value is -0.620. The van der Waals surface area contributed by atoms with Crippen LogP contribution in [0.25, 0.3) is 0 Å². The van der Waals surface area contributed by atoms with Crippen LogP contribution in [0.3, 0.4) is 0 Å². The fourth-order valence-electron chi connectivity index (χ4n) is 3.82. The lowest BCUT2D eigenvalue weighted by Crippen LogP contribution is -2.44. The monoisotopic (exact) mass is 302 g/mol. The Morgan fingerprint density at radius 1 is 1.45 bits per heavy atom. The topological polar surface area (TPSA) is 69.7 Å². The molecule has 0 spiro atoms. The van der Waals surface area contributed by atoms with Crippen molar-refractivity contribution in [1.29, 1.82) is 0 Å². The van der Waals surface area contributed by atoms with Gasteiger partial charge in [-0.25, -0.2) is 0 Å². The van der Waals surface area contributed by atoms with Gasteiger partial charge in [0, 0.05) is 11.8 Å². The van der Waals surface area contributed by atoms with Crippen LogP contribution in [0.4, 0.5) is 0 Å². The lowest BCUT2D eigenvalue weighted by molar-refractivity contribution is -0.167. The van der Waals surface area contributed by atoms with Gasteiger partial charge in [-0.1, -0.05) is 6.92 Å². The molecule has 0 amide bonds. The van der Waals surface area contributed by atoms with E-state index in [4.69, 9.17) is 8.92 Å². The van der Waals surface area contributed by atoms with Crippen molar-refractivity contribution in [3.05, 3.63) is 0 Å². The largest absolute Gasteiger partial charge is 0.459 e. The Kier molecular flexibility index (Phi) is 2.85. The minimum absolute atomic E-state index is 0.0277. The molecule has 1 heterocycles. The third-order valence-electron chi connectivity index (χ3n) is 5.68. The summed E-state index contributed by atoms with van der Waals surface area (Å²) in [6, 6.07) is 0. The third-order valence-corrected chi connectivity index (χ3v) is 7.77. The van der Waals surface area contributed by atoms with Crippen LogP contribution >= 0.6 is 0 Å². The molecule has 1 aliphatic heterocycles. The number of hydrogen-bond acceptors (Lipinski definition) is 5. The van der Waals surface area contributed by atoms with Crippen LogP contribution < -0.4 is 0 Å². The molecule has 3 aliphatic rings. The first-order valence-electron chi connectivity index (χ1n) is 7.26. The van der Waals surface area contributed by atoms with Crippen LogP contribution in [0.2, 0.25) is 0 Å². The van der Waals surface area contributed by atoms with Crippen molar-refractivity contribution in [2.75, 3.05) is 0 Å². The molecule has 5 nitrogen and oxygen atoms in total. The number of carbonyl (C=O) groups excluding carboxylic acids is 1. The molecule has 6 heteroatoms. The summed E-state index contributed by atoms with van der Waals surface area (Å²) in [7, 11) is -3.53. The summed E-state index contributed by atoms with van der Waals surface area (Å²) in [6.45, 7) is 7.40. The van der Waals surface area contributed by atoms with Gasteiger partial charge in [0.1, 0.15) is 17.0 Å². The van der Waals surface area contributed by atoms with Crippen LogP contribution in [-0.2, 0) is 23.8 Å². The van der Waals surface area contributed by atoms with Gasteiger partial charge < -0.3 is 4.74 Å². The van der Waals surface area contributed by atoms with Gasteiger partial charge in [0.05, 0.1) is 5.41 Å². The minimum atomic E-state index is -3.53. The van der Waals surface area contributed by atoms with Gasteiger partial charge in [-0.3, -0.25) is 8.98 Å². The number of ether oxygens (including phenoxy) is 1. The third kappa shape index (κ3) is 1.64. The van der Waals surface area contributed by atoms with E-state index in [0.29, 0.717) is 12.8 Å². The van der Waals surface area contributed by atoms with E-state index in [2.05, 4.69) is 0 Å². The molecule has 20 heavy (non-hydrogen) atoms. The summed E-state index contributed by atoms with van der Waals surface area (Å²) in [6.07, 6.45) is 1.14. The number of rotatable bonds is 3. The summed E-state index contributed by atoms with van der Waals surface area (Å²) in [5, 5.41) is 0. The highest BCUT2D eigenvalue weighted by Crippen LogP contribution is 2.61. The van der Waals surface area contributed by atoms with Gasteiger partial charge >= 0.3 is 5.97 Å². The first-order valence-corrected chi connectivity index (χ1v) is 8.67. The average molecular weight is 302 g/mol. The fraction of sp³-hybridized carbons (Fsp3) is 0.929. The van der Waals surface area contributed by atoms with Crippen molar-refractivity contribution >= 4 is 16.1 Å². The standard InChI is InChI=1S/C14H22O5S/c1-5-13(2,3)12(15)18-10-8-6-9-11(10)19-20(16,17)14(9,4)7-8/h8-11H,5-7H2,1-4H3. The summed E-state index contributed by atoms with van der Waals surface area (Å²) in [5.41, 5.74) is -0.539. The van der Waals surface area contributed by atoms with E-state index in [9.17, 15) is 13.2 Å². The quantitative estimate of drug-likeness (QED) is 0.588. The normalized spacial score (nSPS) is 44.8. The van der Waals surface area contributed by atoms with E-state index >= 15 is 0 Å². The highest BCUT2D eigenvalue weighted by atomic mass is 32.2. The van der Waals surface area contributed by atoms with E-state index in [-0.39, 0.29) is 17.8 Å². The zero-order valence-electron chi connectivity index (χ0n) is 12.4. The Morgan fingerprint density at radius 2 is 2.10 bits per heavy atom. The Bertz CT molecular complexity index is 552. The van der Waals surface area contributed by atoms with Crippen LogP contribution in [0.1, 0.15) is 47.0 Å². The van der Waals surface area contributed by atoms with Crippen molar-refractivity contribution < 1.29 is 22.1 Å². The van der Waals surface area contributed by atoms with E-state index in [1.807, 2.05) is 20.8 Å². The molecule has 114 valence electrons. The second kappa shape index (κ2) is 3.97. The van der Waals surface area contributed by atoms with Gasteiger partial charge in [-0.05, 0) is 40.0 Å². The zero-order chi connectivity index (χ0) is 14.9. The SMILES string of the molecule is CCC(C)(C)C(=O)OC1C2CC3C1OS(=O)(=O)C3(C)C2. The van der Waals surface area contributed by atoms with Crippen molar-refractivity contribution in [2.45, 2.75) is 63.9 Å². The first kappa shape index (κ1) is 14.3. The second-order valence-electron chi connectivity index (χ2n) is 7.24. The van der Waals surface area contributed by atoms with Crippen LogP contribution in [0, 0.1) is 17.3 Å². The maximum atomic E-state index is 12.2. The van der Waals surface area contributed by atoms with Gasteiger partial charge in [-0.2, -0.15) is 8.42 Å². The molecule has 1 saturated heterocycles. The maximum absolute atomic E-state index is 12.2. The molecular formula is C14H22O5S. The van der Waals surface area contributed by atoms with Gasteiger partial charge in [0.2, 0.25) is 0 Å². The number of hydrogen-bond donors (Lipinski definition) is 0. The predicted molar refractivity (Wildman–Crippen MR) is 72.4 cm³/mol. The van der Waals surface area contributed by atoms with E-state index in [0.717, 1.165) is 6.42 Å². The molecule has 5 atom stereocenters. The lowest BCUT2D eigenvalue weighted by atomic mass is 9.85. The van der Waals surface area contributed by atoms with Crippen LogP contribution in [0.5, 0.6) is 0 Å². The molecule has 2 bridgehead atoms. The average Bonchev–Trinajstić information content (AvgIpc) is 2.89. The highest BCUT2D eigenvalue weighted by Gasteiger charge is 2.71. The molecule has 3 fully saturated rings. The number of fused-ring (bicyclic) bond motifs is 1. The molecule has 0 aromatic carbocycles. The van der Waals surface area contributed by atoms with Crippen molar-refractivity contribution in [1.82, 2.24) is 0 Å². The smallest absolute Gasteiger partial charge is 0.311 e. The maximum Gasteiger partial charge on any atom is 0.311 e. The molecule has 3 rings (SSSR count). The molecule has 2 aliphatic carbocycles. The molecule has 0 aromatic heterocycles. The fourth-order valence-corrected chi connectivity index (χ4v) is 5.59. The van der Waals surface area contributed by atoms with Crippen LogP contribution in [0.15, 0.2) is 0 Å². The van der Waals surface area contributed by atoms with E-state index < -0.39 is 32.5 Å². The summed E-state index contributed by atoms with van der Waals surface area (Å²) in [5.74, 6) is -0.170. The molecule has 2 saturated carbocycles. The minimum Gasteiger partial charge on any atom is -0.459 e. The Morgan fingerprint density at radius 3 is 2.70 bits per heavy atom. The van der Waals surface area contributed by atoms with Crippen LogP contribution in [-0.4, -0.2) is 31.3 Å². The highest BCUT2D eigenvalue weighted by molar-refractivity contribution is 7.88. The Balaban J connectivity index is 1.82. The molecule has 0 aromatic rings. The number of carbonyl (C=O) groups is 1. The van der Waals surface area contributed by atoms with Crippen molar-refractivity contribution in [3.63, 3.8) is 0 Å². The molecule has 5 unspecified atom stereocenters. The van der Waals surface area contributed by atoms with E-state index in [1.54, 1.807) is 6.92 Å². The van der Waals surface area contributed by atoms with Gasteiger partial charge in [0.15, 0.2) is 0 Å². The predicted octanol–water partition coefficient (Wildman–Crippen LogP) is 1.86. The summed E-state index contributed by atoms with van der Waals surface area (Å²) >= 11 is 0. The summed E-state index contributed by atoms with van der Waals surface area (Å²) in [4.78, 5) is 12.2. The second-order valence-corrected chi connectivity index (χ2v) is 9.27. The zero-order valence-corrected chi connectivity index (χ0v) is 13.2. The lowest BCUT2D eigenvalue weighted by Gasteiger charge is -2.31. The molecular weight excluding hydrogens is 280 g/mol. The first-order chi connectivity index (χ1) is 9.12. The van der Waals surface area contributed by atoms with Crippen molar-refractivity contribution in [2.24, 2.45) is 17.3 Å². The van der Waals surface area contributed by atoms with Gasteiger partial charge in [-0.15, -0.1) is 0 Å². The molecule has 0 radical (unpaired) electrons.